The van der Waals surface area contributed by atoms with E-state index in [9.17, 15) is 9.50 Å². The summed E-state index contributed by atoms with van der Waals surface area (Å²) in [6.45, 7) is 0.993. The fourth-order valence-electron chi connectivity index (χ4n) is 2.16. The molecule has 1 aliphatic heterocycles. The van der Waals surface area contributed by atoms with Crippen molar-refractivity contribution in [1.82, 2.24) is 5.32 Å². The molecule has 1 saturated heterocycles. The highest BCUT2D eigenvalue weighted by molar-refractivity contribution is 5.41. The van der Waals surface area contributed by atoms with E-state index in [1.165, 1.54) is 13.2 Å². The first kappa shape index (κ1) is 11.2. The molecule has 1 aromatic carbocycles. The zero-order valence-corrected chi connectivity index (χ0v) is 9.29. The predicted molar refractivity (Wildman–Crippen MR) is 59.3 cm³/mol. The van der Waals surface area contributed by atoms with Gasteiger partial charge in [-0.2, -0.15) is 0 Å². The van der Waals surface area contributed by atoms with Gasteiger partial charge in [-0.1, -0.05) is 0 Å². The van der Waals surface area contributed by atoms with Crippen molar-refractivity contribution in [3.8, 4) is 11.5 Å². The number of nitrogens with one attached hydrogen (secondary N) is 1. The van der Waals surface area contributed by atoms with Crippen LogP contribution in [0.15, 0.2) is 12.1 Å². The first-order valence-corrected chi connectivity index (χ1v) is 5.49. The Hall–Kier alpha value is -1.29. The van der Waals surface area contributed by atoms with E-state index in [-0.39, 0.29) is 5.75 Å². The summed E-state index contributed by atoms with van der Waals surface area (Å²) in [5, 5.41) is 12.6. The van der Waals surface area contributed by atoms with Gasteiger partial charge in [-0.25, -0.2) is 4.39 Å². The number of methoxy groups -OCH3 is 1. The van der Waals surface area contributed by atoms with Crippen molar-refractivity contribution >= 4 is 0 Å². The number of halogens is 1. The van der Waals surface area contributed by atoms with Crippen LogP contribution in [0.2, 0.25) is 0 Å². The van der Waals surface area contributed by atoms with E-state index in [1.807, 2.05) is 0 Å². The van der Waals surface area contributed by atoms with Crippen molar-refractivity contribution < 1.29 is 14.2 Å². The number of benzene rings is 1. The molecule has 1 heterocycles. The van der Waals surface area contributed by atoms with Crippen molar-refractivity contribution in [2.24, 2.45) is 0 Å². The Labute approximate surface area is 94.2 Å². The first-order chi connectivity index (χ1) is 7.70. The fourth-order valence-corrected chi connectivity index (χ4v) is 2.16. The van der Waals surface area contributed by atoms with Crippen molar-refractivity contribution in [1.29, 1.82) is 0 Å². The SMILES string of the molecule is COc1cc(O)cc(F)c1CC1CCCN1. The minimum absolute atomic E-state index is 0.0996. The Balaban J connectivity index is 2.23. The van der Waals surface area contributed by atoms with Crippen molar-refractivity contribution in [2.75, 3.05) is 13.7 Å². The zero-order chi connectivity index (χ0) is 11.5. The second kappa shape index (κ2) is 4.70. The number of phenolic OH excluding ortho intramolecular Hbond substituents is 1. The highest BCUT2D eigenvalue weighted by Gasteiger charge is 2.19. The molecular formula is C12H16FNO2. The van der Waals surface area contributed by atoms with E-state index in [2.05, 4.69) is 5.32 Å². The number of phenols is 1. The molecule has 0 bridgehead atoms. The summed E-state index contributed by atoms with van der Waals surface area (Å²) in [6, 6.07) is 2.90. The normalized spacial score (nSPS) is 20.0. The molecule has 1 unspecified atom stereocenters. The Morgan fingerprint density at radius 3 is 3.00 bits per heavy atom. The smallest absolute Gasteiger partial charge is 0.133 e. The van der Waals surface area contributed by atoms with Crippen LogP contribution in [0.1, 0.15) is 18.4 Å². The van der Waals surface area contributed by atoms with Gasteiger partial charge < -0.3 is 15.2 Å². The molecule has 0 aliphatic carbocycles. The summed E-state index contributed by atoms with van der Waals surface area (Å²) in [4.78, 5) is 0. The molecule has 2 N–H and O–H groups in total. The van der Waals surface area contributed by atoms with E-state index in [0.29, 0.717) is 23.8 Å². The van der Waals surface area contributed by atoms with Crippen LogP contribution in [0.3, 0.4) is 0 Å². The highest BCUT2D eigenvalue weighted by atomic mass is 19.1. The molecule has 0 radical (unpaired) electrons. The van der Waals surface area contributed by atoms with Gasteiger partial charge >= 0.3 is 0 Å². The lowest BCUT2D eigenvalue weighted by molar-refractivity contribution is 0.392. The van der Waals surface area contributed by atoms with Gasteiger partial charge in [-0.3, -0.25) is 0 Å². The van der Waals surface area contributed by atoms with E-state index < -0.39 is 5.82 Å². The quantitative estimate of drug-likeness (QED) is 0.824. The second-order valence-electron chi connectivity index (χ2n) is 4.11. The summed E-state index contributed by atoms with van der Waals surface area (Å²) < 4.78 is 18.8. The molecule has 0 saturated carbocycles. The summed E-state index contributed by atoms with van der Waals surface area (Å²) in [5.74, 6) is -0.0748. The van der Waals surface area contributed by atoms with E-state index in [4.69, 9.17) is 4.74 Å². The van der Waals surface area contributed by atoms with Crippen molar-refractivity contribution in [3.63, 3.8) is 0 Å². The molecule has 0 amide bonds. The van der Waals surface area contributed by atoms with Crippen LogP contribution in [0.25, 0.3) is 0 Å². The molecule has 0 spiro atoms. The third kappa shape index (κ3) is 2.27. The Kier molecular flexibility index (Phi) is 3.29. The van der Waals surface area contributed by atoms with Gasteiger partial charge in [-0.05, 0) is 25.8 Å². The minimum atomic E-state index is -0.398. The van der Waals surface area contributed by atoms with Gasteiger partial charge in [0.2, 0.25) is 0 Å². The zero-order valence-electron chi connectivity index (χ0n) is 9.29. The number of hydrogen-bond acceptors (Lipinski definition) is 3. The standard InChI is InChI=1S/C12H16FNO2/c1-16-12-7-9(15)6-11(13)10(12)5-8-3-2-4-14-8/h6-8,14-15H,2-5H2,1H3. The van der Waals surface area contributed by atoms with Crippen molar-refractivity contribution in [2.45, 2.75) is 25.3 Å². The first-order valence-electron chi connectivity index (χ1n) is 5.49. The maximum atomic E-state index is 13.7. The van der Waals surface area contributed by atoms with Crippen LogP contribution >= 0.6 is 0 Å². The van der Waals surface area contributed by atoms with Crippen LogP contribution in [-0.2, 0) is 6.42 Å². The molecule has 1 fully saturated rings. The number of rotatable bonds is 3. The average Bonchev–Trinajstić information content (AvgIpc) is 2.74. The summed E-state index contributed by atoms with van der Waals surface area (Å²) >= 11 is 0. The van der Waals surface area contributed by atoms with E-state index in [1.54, 1.807) is 0 Å². The minimum Gasteiger partial charge on any atom is -0.508 e. The largest absolute Gasteiger partial charge is 0.508 e. The second-order valence-corrected chi connectivity index (χ2v) is 4.11. The topological polar surface area (TPSA) is 41.5 Å². The molecule has 0 aromatic heterocycles. The summed E-state index contributed by atoms with van der Waals surface area (Å²) in [7, 11) is 1.49. The van der Waals surface area contributed by atoms with Gasteiger partial charge in [0.15, 0.2) is 0 Å². The van der Waals surface area contributed by atoms with Gasteiger partial charge in [0.1, 0.15) is 17.3 Å². The van der Waals surface area contributed by atoms with Crippen LogP contribution < -0.4 is 10.1 Å². The van der Waals surface area contributed by atoms with Crippen LogP contribution in [0.4, 0.5) is 4.39 Å². The molecule has 3 nitrogen and oxygen atoms in total. The van der Waals surface area contributed by atoms with Gasteiger partial charge in [-0.15, -0.1) is 0 Å². The lowest BCUT2D eigenvalue weighted by Crippen LogP contribution is -2.24. The fraction of sp³-hybridized carbons (Fsp3) is 0.500. The average molecular weight is 225 g/mol. The lowest BCUT2D eigenvalue weighted by atomic mass is 10.0. The molecule has 1 aromatic rings. The van der Waals surface area contributed by atoms with E-state index in [0.717, 1.165) is 25.5 Å². The third-order valence-corrected chi connectivity index (χ3v) is 2.97. The lowest BCUT2D eigenvalue weighted by Gasteiger charge is -2.14. The van der Waals surface area contributed by atoms with Crippen LogP contribution in [-0.4, -0.2) is 24.8 Å². The molecule has 4 heteroatoms. The van der Waals surface area contributed by atoms with Gasteiger partial charge in [0.05, 0.1) is 7.11 Å². The number of aromatic hydroxyl groups is 1. The molecule has 16 heavy (non-hydrogen) atoms. The molecular weight excluding hydrogens is 209 g/mol. The molecule has 88 valence electrons. The maximum absolute atomic E-state index is 13.7. The predicted octanol–water partition coefficient (Wildman–Crippen LogP) is 1.83. The Morgan fingerprint density at radius 1 is 1.56 bits per heavy atom. The molecule has 1 atom stereocenters. The van der Waals surface area contributed by atoms with Gasteiger partial charge in [0.25, 0.3) is 0 Å². The highest BCUT2D eigenvalue weighted by Crippen LogP contribution is 2.29. The number of hydrogen-bond donors (Lipinski definition) is 2. The summed E-state index contributed by atoms with van der Waals surface area (Å²) in [6.07, 6.45) is 2.80. The monoisotopic (exact) mass is 225 g/mol. The molecule has 2 rings (SSSR count). The Morgan fingerprint density at radius 2 is 2.38 bits per heavy atom. The summed E-state index contributed by atoms with van der Waals surface area (Å²) in [5.41, 5.74) is 0.541. The van der Waals surface area contributed by atoms with Crippen molar-refractivity contribution in [3.05, 3.63) is 23.5 Å². The maximum Gasteiger partial charge on any atom is 0.133 e. The van der Waals surface area contributed by atoms with Crippen LogP contribution in [0, 0.1) is 5.82 Å². The third-order valence-electron chi connectivity index (χ3n) is 2.97. The Bertz CT molecular complexity index is 376. The van der Waals surface area contributed by atoms with Gasteiger partial charge in [0, 0.05) is 23.7 Å². The van der Waals surface area contributed by atoms with Crippen LogP contribution in [0.5, 0.6) is 11.5 Å². The van der Waals surface area contributed by atoms with E-state index >= 15 is 0 Å². The molecule has 1 aliphatic rings. The number of ether oxygens (including phenoxy) is 1.